The van der Waals surface area contributed by atoms with E-state index in [0.717, 1.165) is 25.1 Å². The summed E-state index contributed by atoms with van der Waals surface area (Å²) in [6, 6.07) is 12.1. The lowest BCUT2D eigenvalue weighted by atomic mass is 10.1. The van der Waals surface area contributed by atoms with Crippen molar-refractivity contribution in [2.24, 2.45) is 0 Å². The van der Waals surface area contributed by atoms with Gasteiger partial charge >= 0.3 is 0 Å². The Hall–Kier alpha value is -1.51. The number of nitriles is 1. The molecule has 5 heteroatoms. The Morgan fingerprint density at radius 2 is 2.20 bits per heavy atom. The van der Waals surface area contributed by atoms with Crippen molar-refractivity contribution >= 4 is 17.7 Å². The highest BCUT2D eigenvalue weighted by atomic mass is 32.2. The summed E-state index contributed by atoms with van der Waals surface area (Å²) in [6.07, 6.45) is 1.74. The minimum atomic E-state index is -0.238. The number of amides is 1. The summed E-state index contributed by atoms with van der Waals surface area (Å²) in [5.41, 5.74) is 1.27. The van der Waals surface area contributed by atoms with Crippen LogP contribution in [-0.4, -0.2) is 40.6 Å². The van der Waals surface area contributed by atoms with Crippen molar-refractivity contribution in [2.75, 3.05) is 12.3 Å². The number of carbonyl (C=O) groups excluding carboxylic acids is 1. The first-order valence-electron chi connectivity index (χ1n) is 6.90. The topological polar surface area (TPSA) is 56.1 Å². The van der Waals surface area contributed by atoms with Crippen LogP contribution >= 0.6 is 11.8 Å². The van der Waals surface area contributed by atoms with Gasteiger partial charge in [-0.15, -0.1) is 11.8 Å². The van der Waals surface area contributed by atoms with Crippen LogP contribution in [0.3, 0.4) is 0 Å². The second-order valence-corrected chi connectivity index (χ2v) is 6.37. The van der Waals surface area contributed by atoms with Gasteiger partial charge in [0.15, 0.2) is 0 Å². The fourth-order valence-corrected chi connectivity index (χ4v) is 4.21. The average Bonchev–Trinajstić information content (AvgIpc) is 3.01. The Morgan fingerprint density at radius 3 is 2.95 bits per heavy atom. The van der Waals surface area contributed by atoms with E-state index in [9.17, 15) is 4.79 Å². The lowest BCUT2D eigenvalue weighted by molar-refractivity contribution is -0.130. The van der Waals surface area contributed by atoms with Crippen LogP contribution in [0.15, 0.2) is 30.3 Å². The molecule has 4 nitrogen and oxygen atoms in total. The van der Waals surface area contributed by atoms with Crippen LogP contribution in [0.4, 0.5) is 0 Å². The molecule has 0 unspecified atom stereocenters. The zero-order chi connectivity index (χ0) is 13.9. The SMILES string of the molecule is N#C[C@@H]1CS[C@H]2C[C@@H](NCCc3ccccc3)C(=O)N12. The fraction of sp³-hybridized carbons (Fsp3) is 0.467. The van der Waals surface area contributed by atoms with Gasteiger partial charge in [0.05, 0.1) is 17.5 Å². The highest BCUT2D eigenvalue weighted by molar-refractivity contribution is 8.00. The van der Waals surface area contributed by atoms with Gasteiger partial charge in [-0.05, 0) is 18.5 Å². The van der Waals surface area contributed by atoms with Crippen molar-refractivity contribution in [3.8, 4) is 6.07 Å². The number of rotatable bonds is 4. The van der Waals surface area contributed by atoms with Crippen molar-refractivity contribution in [1.29, 1.82) is 5.26 Å². The molecule has 3 rings (SSSR count). The van der Waals surface area contributed by atoms with Crippen LogP contribution in [0.1, 0.15) is 12.0 Å². The first kappa shape index (κ1) is 13.5. The molecule has 0 aliphatic carbocycles. The molecule has 2 heterocycles. The largest absolute Gasteiger partial charge is 0.312 e. The van der Waals surface area contributed by atoms with E-state index < -0.39 is 0 Å². The highest BCUT2D eigenvalue weighted by Gasteiger charge is 2.47. The number of benzene rings is 1. The van der Waals surface area contributed by atoms with Gasteiger partial charge in [-0.3, -0.25) is 4.79 Å². The summed E-state index contributed by atoms with van der Waals surface area (Å²) in [5.74, 6) is 0.850. The molecule has 2 fully saturated rings. The van der Waals surface area contributed by atoms with Gasteiger partial charge in [0.25, 0.3) is 0 Å². The minimum absolute atomic E-state index is 0.0969. The van der Waals surface area contributed by atoms with Crippen LogP contribution in [0.25, 0.3) is 0 Å². The molecule has 2 aliphatic rings. The molecular formula is C15H17N3OS. The van der Waals surface area contributed by atoms with E-state index in [-0.39, 0.29) is 23.4 Å². The molecule has 2 saturated heterocycles. The molecule has 0 aromatic heterocycles. The maximum absolute atomic E-state index is 12.3. The minimum Gasteiger partial charge on any atom is -0.312 e. The number of thioether (sulfide) groups is 1. The van der Waals surface area contributed by atoms with Gasteiger partial charge in [0.2, 0.25) is 5.91 Å². The quantitative estimate of drug-likeness (QED) is 0.909. The maximum Gasteiger partial charge on any atom is 0.241 e. The molecule has 1 N–H and O–H groups in total. The van der Waals surface area contributed by atoms with E-state index in [4.69, 9.17) is 5.26 Å². The van der Waals surface area contributed by atoms with E-state index in [1.807, 2.05) is 18.2 Å². The first-order valence-corrected chi connectivity index (χ1v) is 7.95. The lowest BCUT2D eigenvalue weighted by Gasteiger charge is -2.18. The second kappa shape index (κ2) is 5.86. The number of nitrogens with one attached hydrogen (secondary N) is 1. The fourth-order valence-electron chi connectivity index (χ4n) is 2.83. The van der Waals surface area contributed by atoms with E-state index >= 15 is 0 Å². The average molecular weight is 287 g/mol. The highest BCUT2D eigenvalue weighted by Crippen LogP contribution is 2.37. The molecule has 2 aliphatic heterocycles. The predicted molar refractivity (Wildman–Crippen MR) is 79.0 cm³/mol. The maximum atomic E-state index is 12.3. The lowest BCUT2D eigenvalue weighted by Crippen LogP contribution is -2.42. The zero-order valence-corrected chi connectivity index (χ0v) is 12.0. The normalized spacial score (nSPS) is 28.4. The van der Waals surface area contributed by atoms with Crippen LogP contribution in [0.5, 0.6) is 0 Å². The van der Waals surface area contributed by atoms with Crippen LogP contribution in [0, 0.1) is 11.3 Å². The smallest absolute Gasteiger partial charge is 0.241 e. The van der Waals surface area contributed by atoms with E-state index in [1.54, 1.807) is 16.7 Å². The standard InChI is InChI=1S/C15H17N3OS/c16-9-12-10-20-14-8-13(15(19)18(12)14)17-7-6-11-4-2-1-3-5-11/h1-5,12-14,17H,6-8,10H2/t12-,13-,14+/m1/s1. The summed E-state index contributed by atoms with van der Waals surface area (Å²) < 4.78 is 0. The zero-order valence-electron chi connectivity index (χ0n) is 11.2. The number of nitrogens with zero attached hydrogens (tertiary/aromatic N) is 2. The van der Waals surface area contributed by atoms with Crippen molar-refractivity contribution in [2.45, 2.75) is 30.3 Å². The van der Waals surface area contributed by atoms with Crippen LogP contribution in [-0.2, 0) is 11.2 Å². The molecule has 20 heavy (non-hydrogen) atoms. The van der Waals surface area contributed by atoms with Gasteiger partial charge in [-0.2, -0.15) is 5.26 Å². The van der Waals surface area contributed by atoms with E-state index in [0.29, 0.717) is 0 Å². The van der Waals surface area contributed by atoms with Crippen LogP contribution < -0.4 is 5.32 Å². The van der Waals surface area contributed by atoms with Gasteiger partial charge < -0.3 is 10.2 Å². The molecule has 0 radical (unpaired) electrons. The van der Waals surface area contributed by atoms with E-state index in [2.05, 4.69) is 23.5 Å². The molecule has 1 amide bonds. The monoisotopic (exact) mass is 287 g/mol. The molecule has 0 bridgehead atoms. The molecular weight excluding hydrogens is 270 g/mol. The third kappa shape index (κ3) is 2.54. The van der Waals surface area contributed by atoms with Gasteiger partial charge in [0.1, 0.15) is 6.04 Å². The number of carbonyl (C=O) groups is 1. The molecule has 0 saturated carbocycles. The van der Waals surface area contributed by atoms with Crippen molar-refractivity contribution in [3.05, 3.63) is 35.9 Å². The summed E-state index contributed by atoms with van der Waals surface area (Å²) >= 11 is 1.73. The third-order valence-corrected chi connectivity index (χ3v) is 5.19. The van der Waals surface area contributed by atoms with Crippen molar-refractivity contribution in [3.63, 3.8) is 0 Å². The Bertz CT molecular complexity index is 528. The van der Waals surface area contributed by atoms with Crippen molar-refractivity contribution in [1.82, 2.24) is 10.2 Å². The summed E-state index contributed by atoms with van der Waals surface area (Å²) in [6.45, 7) is 0.795. The Labute approximate surface area is 123 Å². The third-order valence-electron chi connectivity index (χ3n) is 3.88. The van der Waals surface area contributed by atoms with Gasteiger partial charge in [-0.1, -0.05) is 30.3 Å². The Kier molecular flexibility index (Phi) is 3.95. The molecule has 104 valence electrons. The molecule has 0 spiro atoms. The predicted octanol–water partition coefficient (Wildman–Crippen LogP) is 1.38. The Balaban J connectivity index is 1.53. The van der Waals surface area contributed by atoms with Crippen molar-refractivity contribution < 1.29 is 4.79 Å². The number of hydrogen-bond acceptors (Lipinski definition) is 4. The number of fused-ring (bicyclic) bond motifs is 1. The second-order valence-electron chi connectivity index (χ2n) is 5.16. The summed E-state index contributed by atoms with van der Waals surface area (Å²) in [5, 5.41) is 12.6. The molecule has 1 aromatic carbocycles. The number of hydrogen-bond donors (Lipinski definition) is 1. The van der Waals surface area contributed by atoms with Gasteiger partial charge in [-0.25, -0.2) is 0 Å². The van der Waals surface area contributed by atoms with Crippen LogP contribution in [0.2, 0.25) is 0 Å². The van der Waals surface area contributed by atoms with E-state index in [1.165, 1.54) is 5.56 Å². The Morgan fingerprint density at radius 1 is 1.40 bits per heavy atom. The van der Waals surface area contributed by atoms with Gasteiger partial charge in [0, 0.05) is 12.2 Å². The molecule has 3 atom stereocenters. The summed E-state index contributed by atoms with van der Waals surface area (Å²) in [4.78, 5) is 14.1. The molecule has 1 aromatic rings. The first-order chi connectivity index (χ1) is 9.79. The summed E-state index contributed by atoms with van der Waals surface area (Å²) in [7, 11) is 0.